The van der Waals surface area contributed by atoms with Crippen molar-refractivity contribution in [2.24, 2.45) is 0 Å². The zero-order valence-electron chi connectivity index (χ0n) is 11.1. The van der Waals surface area contributed by atoms with Crippen molar-refractivity contribution < 1.29 is 14.1 Å². The van der Waals surface area contributed by atoms with Crippen LogP contribution in [-0.2, 0) is 4.79 Å². The Morgan fingerprint density at radius 3 is 2.90 bits per heavy atom. The SMILES string of the molecule is COc1ccc(Cl)cc1NCC(=O)Nc1cc(C)no1. The van der Waals surface area contributed by atoms with Gasteiger partial charge in [-0.3, -0.25) is 10.1 Å². The van der Waals surface area contributed by atoms with Gasteiger partial charge in [-0.2, -0.15) is 0 Å². The molecule has 0 bridgehead atoms. The number of anilines is 2. The molecule has 2 rings (SSSR count). The van der Waals surface area contributed by atoms with E-state index in [1.54, 1.807) is 38.3 Å². The summed E-state index contributed by atoms with van der Waals surface area (Å²) in [5, 5.41) is 9.76. The Morgan fingerprint density at radius 2 is 2.25 bits per heavy atom. The minimum atomic E-state index is -0.261. The third-order valence-electron chi connectivity index (χ3n) is 2.49. The van der Waals surface area contributed by atoms with Crippen LogP contribution in [0.5, 0.6) is 5.75 Å². The van der Waals surface area contributed by atoms with Gasteiger partial charge in [-0.15, -0.1) is 0 Å². The Kier molecular flexibility index (Phi) is 4.47. The minimum Gasteiger partial charge on any atom is -0.495 e. The van der Waals surface area contributed by atoms with E-state index in [0.717, 1.165) is 0 Å². The standard InChI is InChI=1S/C13H14ClN3O3/c1-8-5-13(20-17-8)16-12(18)7-15-10-6-9(14)3-4-11(10)19-2/h3-6,15H,7H2,1-2H3,(H,16,18). The van der Waals surface area contributed by atoms with Crippen LogP contribution in [0.25, 0.3) is 0 Å². The third kappa shape index (κ3) is 3.64. The lowest BCUT2D eigenvalue weighted by atomic mass is 10.3. The van der Waals surface area contributed by atoms with E-state index in [1.165, 1.54) is 0 Å². The fraction of sp³-hybridized carbons (Fsp3) is 0.231. The summed E-state index contributed by atoms with van der Waals surface area (Å²) in [5.74, 6) is 0.660. The summed E-state index contributed by atoms with van der Waals surface area (Å²) >= 11 is 5.90. The number of hydrogen-bond donors (Lipinski definition) is 2. The Morgan fingerprint density at radius 1 is 1.45 bits per heavy atom. The predicted octanol–water partition coefficient (Wildman–Crippen LogP) is 2.70. The highest BCUT2D eigenvalue weighted by Gasteiger charge is 2.08. The maximum atomic E-state index is 11.7. The van der Waals surface area contributed by atoms with Crippen molar-refractivity contribution in [3.8, 4) is 5.75 Å². The summed E-state index contributed by atoms with van der Waals surface area (Å²) in [6, 6.07) is 6.76. The first kappa shape index (κ1) is 14.2. The predicted molar refractivity (Wildman–Crippen MR) is 76.4 cm³/mol. The smallest absolute Gasteiger partial charge is 0.246 e. The van der Waals surface area contributed by atoms with E-state index in [-0.39, 0.29) is 12.5 Å². The maximum absolute atomic E-state index is 11.7. The molecule has 2 N–H and O–H groups in total. The van der Waals surface area contributed by atoms with Crippen LogP contribution in [0.15, 0.2) is 28.8 Å². The van der Waals surface area contributed by atoms with Gasteiger partial charge in [0, 0.05) is 11.1 Å². The van der Waals surface area contributed by atoms with Crippen LogP contribution >= 0.6 is 11.6 Å². The van der Waals surface area contributed by atoms with Crippen molar-refractivity contribution in [2.75, 3.05) is 24.3 Å². The Hall–Kier alpha value is -2.21. The average Bonchev–Trinajstić information content (AvgIpc) is 2.82. The van der Waals surface area contributed by atoms with Crippen molar-refractivity contribution in [3.63, 3.8) is 0 Å². The van der Waals surface area contributed by atoms with Crippen LogP contribution in [0.4, 0.5) is 11.6 Å². The fourth-order valence-electron chi connectivity index (χ4n) is 1.60. The highest BCUT2D eigenvalue weighted by Crippen LogP contribution is 2.27. The maximum Gasteiger partial charge on any atom is 0.246 e. The molecule has 1 aromatic heterocycles. The number of aromatic nitrogens is 1. The lowest BCUT2D eigenvalue weighted by Gasteiger charge is -2.10. The molecule has 0 spiro atoms. The van der Waals surface area contributed by atoms with E-state index in [4.69, 9.17) is 20.9 Å². The van der Waals surface area contributed by atoms with Crippen molar-refractivity contribution in [2.45, 2.75) is 6.92 Å². The second-order valence-corrected chi connectivity index (χ2v) is 4.52. The van der Waals surface area contributed by atoms with Crippen LogP contribution in [0.2, 0.25) is 5.02 Å². The van der Waals surface area contributed by atoms with Crippen LogP contribution in [-0.4, -0.2) is 24.7 Å². The number of nitrogens with one attached hydrogen (secondary N) is 2. The molecule has 106 valence electrons. The molecule has 6 nitrogen and oxygen atoms in total. The molecule has 20 heavy (non-hydrogen) atoms. The zero-order chi connectivity index (χ0) is 14.5. The molecule has 0 aliphatic heterocycles. The molecule has 1 aromatic carbocycles. The van der Waals surface area contributed by atoms with E-state index in [1.807, 2.05) is 0 Å². The minimum absolute atomic E-state index is 0.0520. The highest BCUT2D eigenvalue weighted by molar-refractivity contribution is 6.30. The molecule has 7 heteroatoms. The van der Waals surface area contributed by atoms with E-state index in [0.29, 0.717) is 28.0 Å². The number of ether oxygens (including phenoxy) is 1. The second kappa shape index (κ2) is 6.29. The van der Waals surface area contributed by atoms with Gasteiger partial charge in [0.15, 0.2) is 0 Å². The first-order valence-electron chi connectivity index (χ1n) is 5.89. The van der Waals surface area contributed by atoms with E-state index in [9.17, 15) is 4.79 Å². The van der Waals surface area contributed by atoms with Gasteiger partial charge in [0.2, 0.25) is 11.8 Å². The molecule has 0 atom stereocenters. The molecule has 0 aliphatic carbocycles. The van der Waals surface area contributed by atoms with Gasteiger partial charge in [-0.1, -0.05) is 16.8 Å². The first-order chi connectivity index (χ1) is 9.58. The van der Waals surface area contributed by atoms with Gasteiger partial charge in [0.25, 0.3) is 0 Å². The van der Waals surface area contributed by atoms with Gasteiger partial charge in [-0.25, -0.2) is 0 Å². The number of carbonyl (C=O) groups excluding carboxylic acids is 1. The lowest BCUT2D eigenvalue weighted by Crippen LogP contribution is -2.21. The number of nitrogens with zero attached hydrogens (tertiary/aromatic N) is 1. The number of halogens is 1. The summed E-state index contributed by atoms with van der Waals surface area (Å²) in [6.45, 7) is 1.82. The van der Waals surface area contributed by atoms with Gasteiger partial charge >= 0.3 is 0 Å². The van der Waals surface area contributed by atoms with Crippen molar-refractivity contribution in [3.05, 3.63) is 35.0 Å². The third-order valence-corrected chi connectivity index (χ3v) is 2.73. The number of methoxy groups -OCH3 is 1. The van der Waals surface area contributed by atoms with Crippen LogP contribution < -0.4 is 15.4 Å². The molecule has 2 aromatic rings. The van der Waals surface area contributed by atoms with E-state index >= 15 is 0 Å². The molecule has 0 saturated carbocycles. The molecule has 0 radical (unpaired) electrons. The molecular weight excluding hydrogens is 282 g/mol. The summed E-state index contributed by atoms with van der Waals surface area (Å²) < 4.78 is 10.1. The number of aryl methyl sites for hydroxylation is 1. The summed E-state index contributed by atoms with van der Waals surface area (Å²) in [4.78, 5) is 11.7. The molecule has 1 heterocycles. The Labute approximate surface area is 121 Å². The summed E-state index contributed by atoms with van der Waals surface area (Å²) in [5.41, 5.74) is 1.34. The van der Waals surface area contributed by atoms with Crippen molar-refractivity contribution >= 4 is 29.1 Å². The topological polar surface area (TPSA) is 76.4 Å². The number of rotatable bonds is 5. The molecule has 0 aliphatic rings. The van der Waals surface area contributed by atoms with Gasteiger partial charge in [0.1, 0.15) is 5.75 Å². The summed E-state index contributed by atoms with van der Waals surface area (Å²) in [6.07, 6.45) is 0. The van der Waals surface area contributed by atoms with E-state index < -0.39 is 0 Å². The number of hydrogen-bond acceptors (Lipinski definition) is 5. The highest BCUT2D eigenvalue weighted by atomic mass is 35.5. The van der Waals surface area contributed by atoms with Crippen molar-refractivity contribution in [1.82, 2.24) is 5.16 Å². The molecule has 0 saturated heterocycles. The van der Waals surface area contributed by atoms with Crippen LogP contribution in [0, 0.1) is 6.92 Å². The number of carbonyl (C=O) groups is 1. The molecular formula is C13H14ClN3O3. The fourth-order valence-corrected chi connectivity index (χ4v) is 1.77. The van der Waals surface area contributed by atoms with Gasteiger partial charge in [-0.05, 0) is 25.1 Å². The Balaban J connectivity index is 1.94. The monoisotopic (exact) mass is 295 g/mol. The average molecular weight is 296 g/mol. The largest absolute Gasteiger partial charge is 0.495 e. The van der Waals surface area contributed by atoms with E-state index in [2.05, 4.69) is 15.8 Å². The number of amides is 1. The first-order valence-corrected chi connectivity index (χ1v) is 6.27. The van der Waals surface area contributed by atoms with Crippen LogP contribution in [0.3, 0.4) is 0 Å². The van der Waals surface area contributed by atoms with Gasteiger partial charge < -0.3 is 14.6 Å². The lowest BCUT2D eigenvalue weighted by molar-refractivity contribution is -0.114. The molecule has 0 unspecified atom stereocenters. The molecule has 1 amide bonds. The summed E-state index contributed by atoms with van der Waals surface area (Å²) in [7, 11) is 1.55. The Bertz CT molecular complexity index is 613. The van der Waals surface area contributed by atoms with Crippen LogP contribution in [0.1, 0.15) is 5.69 Å². The zero-order valence-corrected chi connectivity index (χ0v) is 11.8. The number of benzene rings is 1. The second-order valence-electron chi connectivity index (χ2n) is 4.08. The quantitative estimate of drug-likeness (QED) is 0.887. The molecule has 0 fully saturated rings. The normalized spacial score (nSPS) is 10.2. The van der Waals surface area contributed by atoms with Crippen molar-refractivity contribution in [1.29, 1.82) is 0 Å². The van der Waals surface area contributed by atoms with Gasteiger partial charge in [0.05, 0.1) is 25.0 Å².